The van der Waals surface area contributed by atoms with Gasteiger partial charge in [0.25, 0.3) is 0 Å². The van der Waals surface area contributed by atoms with Crippen molar-refractivity contribution >= 4 is 5.97 Å². The van der Waals surface area contributed by atoms with Crippen molar-refractivity contribution in [2.45, 2.75) is 58.4 Å². The van der Waals surface area contributed by atoms with Crippen molar-refractivity contribution in [3.63, 3.8) is 0 Å². The first kappa shape index (κ1) is 19.5. The minimum atomic E-state index is -0.334. The highest BCUT2D eigenvalue weighted by Gasteiger charge is 2.40. The van der Waals surface area contributed by atoms with E-state index < -0.39 is 0 Å². The lowest BCUT2D eigenvalue weighted by molar-refractivity contribution is 0.0526. The van der Waals surface area contributed by atoms with Crippen LogP contribution in [0.15, 0.2) is 24.3 Å². The van der Waals surface area contributed by atoms with Gasteiger partial charge in [-0.25, -0.2) is 4.79 Å². The fourth-order valence-corrected chi connectivity index (χ4v) is 3.74. The summed E-state index contributed by atoms with van der Waals surface area (Å²) in [5, 5.41) is 16.3. The lowest BCUT2D eigenvalue weighted by atomic mass is 9.76. The lowest BCUT2D eigenvalue weighted by Crippen LogP contribution is -2.47. The van der Waals surface area contributed by atoms with Gasteiger partial charge in [-0.2, -0.15) is 4.68 Å². The van der Waals surface area contributed by atoms with Crippen LogP contribution in [0.1, 0.15) is 69.1 Å². The van der Waals surface area contributed by atoms with E-state index in [0.29, 0.717) is 12.2 Å². The summed E-state index contributed by atoms with van der Waals surface area (Å²) in [7, 11) is 0. The minimum Gasteiger partial charge on any atom is -0.462 e. The van der Waals surface area contributed by atoms with Gasteiger partial charge in [-0.15, -0.1) is 5.10 Å². The maximum absolute atomic E-state index is 12.1. The van der Waals surface area contributed by atoms with Gasteiger partial charge in [-0.3, -0.25) is 0 Å². The molecule has 27 heavy (non-hydrogen) atoms. The number of nitrogens with zero attached hydrogens (tertiary/aromatic N) is 4. The molecule has 1 N–H and O–H groups in total. The zero-order valence-corrected chi connectivity index (χ0v) is 16.4. The molecule has 0 spiro atoms. The number of benzene rings is 1. The van der Waals surface area contributed by atoms with E-state index in [1.807, 2.05) is 12.1 Å². The molecule has 0 atom stereocenters. The first-order valence-corrected chi connectivity index (χ1v) is 9.91. The van der Waals surface area contributed by atoms with Crippen LogP contribution in [0.4, 0.5) is 0 Å². The fourth-order valence-electron chi connectivity index (χ4n) is 3.74. The molecule has 2 aromatic rings. The number of ether oxygens (including phenoxy) is 1. The Morgan fingerprint density at radius 2 is 2.11 bits per heavy atom. The average molecular weight is 371 g/mol. The molecular weight excluding hydrogens is 342 g/mol. The Morgan fingerprint density at radius 1 is 1.33 bits per heavy atom. The monoisotopic (exact) mass is 371 g/mol. The van der Waals surface area contributed by atoms with E-state index in [9.17, 15) is 4.79 Å². The van der Waals surface area contributed by atoms with E-state index in [2.05, 4.69) is 34.7 Å². The van der Waals surface area contributed by atoms with Crippen molar-refractivity contribution in [3.05, 3.63) is 35.7 Å². The van der Waals surface area contributed by atoms with Gasteiger partial charge in [0, 0.05) is 0 Å². The zero-order chi connectivity index (χ0) is 19.3. The topological polar surface area (TPSA) is 81.9 Å². The number of tetrazole rings is 1. The molecule has 146 valence electrons. The van der Waals surface area contributed by atoms with Gasteiger partial charge < -0.3 is 10.1 Å². The van der Waals surface area contributed by atoms with E-state index in [1.54, 1.807) is 23.7 Å². The van der Waals surface area contributed by atoms with Crippen molar-refractivity contribution in [3.8, 4) is 5.69 Å². The van der Waals surface area contributed by atoms with Crippen LogP contribution in [-0.4, -0.2) is 39.3 Å². The van der Waals surface area contributed by atoms with E-state index >= 15 is 0 Å². The third kappa shape index (κ3) is 4.18. The number of aromatic nitrogens is 4. The van der Waals surface area contributed by atoms with E-state index in [0.717, 1.165) is 56.1 Å². The van der Waals surface area contributed by atoms with E-state index in [-0.39, 0.29) is 11.5 Å². The Labute approximate surface area is 160 Å². The van der Waals surface area contributed by atoms with E-state index in [4.69, 9.17) is 4.74 Å². The van der Waals surface area contributed by atoms with Crippen LogP contribution in [0, 0.1) is 5.92 Å². The Kier molecular flexibility index (Phi) is 6.21. The van der Waals surface area contributed by atoms with Crippen LogP contribution in [0.2, 0.25) is 0 Å². The Morgan fingerprint density at radius 3 is 2.81 bits per heavy atom. The molecule has 0 amide bonds. The summed E-state index contributed by atoms with van der Waals surface area (Å²) in [6.45, 7) is 7.54. The maximum atomic E-state index is 12.1. The molecule has 7 nitrogen and oxygen atoms in total. The lowest BCUT2D eigenvalue weighted by Gasteiger charge is -2.39. The van der Waals surface area contributed by atoms with Crippen molar-refractivity contribution in [1.29, 1.82) is 0 Å². The van der Waals surface area contributed by atoms with Gasteiger partial charge in [0.2, 0.25) is 0 Å². The van der Waals surface area contributed by atoms with Crippen LogP contribution in [0.25, 0.3) is 5.69 Å². The van der Waals surface area contributed by atoms with Gasteiger partial charge in [0.15, 0.2) is 5.82 Å². The van der Waals surface area contributed by atoms with Crippen molar-refractivity contribution in [2.75, 3.05) is 13.2 Å². The Hall–Kier alpha value is -2.28. The molecule has 3 rings (SSSR count). The van der Waals surface area contributed by atoms with Gasteiger partial charge in [-0.05, 0) is 80.1 Å². The number of carbonyl (C=O) groups is 1. The third-order valence-electron chi connectivity index (χ3n) is 5.34. The van der Waals surface area contributed by atoms with Crippen LogP contribution in [0.5, 0.6) is 0 Å². The highest BCUT2D eigenvalue weighted by molar-refractivity contribution is 5.90. The van der Waals surface area contributed by atoms with Gasteiger partial charge >= 0.3 is 5.97 Å². The summed E-state index contributed by atoms with van der Waals surface area (Å²) in [6.07, 6.45) is 5.36. The molecule has 0 saturated heterocycles. The molecule has 0 aliphatic heterocycles. The van der Waals surface area contributed by atoms with Crippen LogP contribution >= 0.6 is 0 Å². The molecule has 0 radical (unpaired) electrons. The number of esters is 1. The average Bonchev–Trinajstić information content (AvgIpc) is 3.19. The van der Waals surface area contributed by atoms with Gasteiger partial charge in [0.1, 0.15) is 0 Å². The highest BCUT2D eigenvalue weighted by atomic mass is 16.5. The van der Waals surface area contributed by atoms with Crippen molar-refractivity contribution in [1.82, 2.24) is 25.5 Å². The van der Waals surface area contributed by atoms with Gasteiger partial charge in [-0.1, -0.05) is 19.9 Å². The summed E-state index contributed by atoms with van der Waals surface area (Å²) in [4.78, 5) is 12.1. The largest absolute Gasteiger partial charge is 0.462 e. The third-order valence-corrected chi connectivity index (χ3v) is 5.34. The molecule has 1 heterocycles. The normalized spacial score (nSPS) is 22.6. The number of hydrogen-bond donors (Lipinski definition) is 1. The SMILES string of the molecule is CCCNC1(c2nnnn2-c2cccc(C(=O)OCC)c2)CCC(C)CC1. The fraction of sp³-hybridized carbons (Fsp3) is 0.600. The van der Waals surface area contributed by atoms with Crippen LogP contribution in [-0.2, 0) is 10.3 Å². The number of rotatable bonds is 7. The summed E-state index contributed by atoms with van der Waals surface area (Å²) >= 11 is 0. The molecule has 1 saturated carbocycles. The maximum Gasteiger partial charge on any atom is 0.338 e. The molecule has 1 aromatic carbocycles. The molecule has 1 aliphatic carbocycles. The first-order chi connectivity index (χ1) is 13.1. The summed E-state index contributed by atoms with van der Waals surface area (Å²) in [6, 6.07) is 7.29. The standard InChI is InChI=1S/C20H29N5O2/c1-4-13-21-20(11-9-15(3)10-12-20)19-22-23-24-25(19)17-8-6-7-16(14-17)18(26)27-5-2/h6-8,14-15,21H,4-5,9-13H2,1-3H3. The number of carbonyl (C=O) groups excluding carboxylic acids is 1. The summed E-state index contributed by atoms with van der Waals surface area (Å²) < 4.78 is 6.88. The number of nitrogens with one attached hydrogen (secondary N) is 1. The smallest absolute Gasteiger partial charge is 0.338 e. The Bertz CT molecular complexity index is 760. The van der Waals surface area contributed by atoms with Crippen molar-refractivity contribution in [2.24, 2.45) is 5.92 Å². The van der Waals surface area contributed by atoms with Crippen LogP contribution < -0.4 is 5.32 Å². The quantitative estimate of drug-likeness (QED) is 0.753. The first-order valence-electron chi connectivity index (χ1n) is 9.91. The molecule has 0 bridgehead atoms. The second kappa shape index (κ2) is 8.61. The predicted octanol–water partition coefficient (Wildman–Crippen LogP) is 3.24. The van der Waals surface area contributed by atoms with Crippen LogP contribution in [0.3, 0.4) is 0 Å². The molecule has 0 unspecified atom stereocenters. The van der Waals surface area contributed by atoms with E-state index in [1.165, 1.54) is 0 Å². The van der Waals surface area contributed by atoms with Gasteiger partial charge in [0.05, 0.1) is 23.4 Å². The Balaban J connectivity index is 1.96. The molecular formula is C20H29N5O2. The summed E-state index contributed by atoms with van der Waals surface area (Å²) in [5.74, 6) is 1.21. The summed E-state index contributed by atoms with van der Waals surface area (Å²) in [5.41, 5.74) is 1.05. The number of hydrogen-bond acceptors (Lipinski definition) is 6. The zero-order valence-electron chi connectivity index (χ0n) is 16.4. The molecule has 1 aliphatic rings. The minimum absolute atomic E-state index is 0.230. The molecule has 7 heteroatoms. The second-order valence-corrected chi connectivity index (χ2v) is 7.38. The molecule has 1 aromatic heterocycles. The predicted molar refractivity (Wildman–Crippen MR) is 103 cm³/mol. The second-order valence-electron chi connectivity index (χ2n) is 7.38. The van der Waals surface area contributed by atoms with Crippen molar-refractivity contribution < 1.29 is 9.53 Å². The molecule has 1 fully saturated rings. The highest BCUT2D eigenvalue weighted by Crippen LogP contribution is 2.39.